The molecule has 0 aromatic carbocycles. The minimum Gasteiger partial charge on any atom is -0.400 e. The lowest BCUT2D eigenvalue weighted by Crippen LogP contribution is -2.38. The Morgan fingerprint density at radius 3 is 2.04 bits per heavy atom. The van der Waals surface area contributed by atoms with Gasteiger partial charge in [0, 0.05) is 40.0 Å². The van der Waals surface area contributed by atoms with Crippen molar-refractivity contribution in [2.24, 2.45) is 22.7 Å². The lowest BCUT2D eigenvalue weighted by atomic mass is 9.79. The highest BCUT2D eigenvalue weighted by atomic mass is 16.4. The molecular formula is C24H51NO3. The standard InChI is InChI=1S/C10H17NO.C9H18.C2H6O.C2H6.CH4O/c1-3-4-5-10(12)6-7-11-8-9(10)2;1-3-9-7-5-4-6-8(9)2;1-3-2;2*1-2/h4-5,8-9,12H,3,6-7H2,1-2H3;8-9H,3-7H2,1-2H3;1-2H3;1-2H3;2H,1H3/b5-4-;;;;/t9-,10?;8?,9-;;;/m00.../s1. The van der Waals surface area contributed by atoms with Crippen LogP contribution in [0.15, 0.2) is 17.1 Å². The summed E-state index contributed by atoms with van der Waals surface area (Å²) in [6.07, 6.45) is 14.9. The molecule has 0 aromatic rings. The van der Waals surface area contributed by atoms with Crippen LogP contribution in [0.4, 0.5) is 0 Å². The molecule has 0 radical (unpaired) electrons. The minimum absolute atomic E-state index is 0.147. The number of rotatable bonds is 3. The summed E-state index contributed by atoms with van der Waals surface area (Å²) in [6.45, 7) is 13.6. The van der Waals surface area contributed by atoms with Gasteiger partial charge in [-0.2, -0.15) is 0 Å². The Kier molecular flexibility index (Phi) is 25.8. The van der Waals surface area contributed by atoms with E-state index in [-0.39, 0.29) is 5.92 Å². The Morgan fingerprint density at radius 1 is 1.11 bits per heavy atom. The van der Waals surface area contributed by atoms with Crippen molar-refractivity contribution in [3.8, 4) is 0 Å². The van der Waals surface area contributed by atoms with Gasteiger partial charge in [-0.1, -0.05) is 85.8 Å². The first-order valence-corrected chi connectivity index (χ1v) is 11.2. The minimum atomic E-state index is -0.641. The second-order valence-corrected chi connectivity index (χ2v) is 7.23. The zero-order chi connectivity index (χ0) is 22.4. The van der Waals surface area contributed by atoms with Crippen molar-refractivity contribution >= 4 is 6.21 Å². The van der Waals surface area contributed by atoms with Crippen LogP contribution in [0.2, 0.25) is 0 Å². The van der Waals surface area contributed by atoms with Crippen LogP contribution in [0, 0.1) is 17.8 Å². The zero-order valence-corrected chi connectivity index (χ0v) is 20.4. The number of aliphatic imine (C=N–C) groups is 1. The van der Waals surface area contributed by atoms with Crippen LogP contribution >= 0.6 is 0 Å². The zero-order valence-electron chi connectivity index (χ0n) is 20.4. The molecule has 28 heavy (non-hydrogen) atoms. The average molecular weight is 402 g/mol. The number of ether oxygens (including phenoxy) is 1. The molecule has 0 aromatic heterocycles. The first-order chi connectivity index (χ1) is 13.4. The quantitative estimate of drug-likeness (QED) is 0.577. The number of aliphatic hydroxyl groups excluding tert-OH is 1. The Morgan fingerprint density at radius 2 is 1.64 bits per heavy atom. The lowest BCUT2D eigenvalue weighted by molar-refractivity contribution is 0.0525. The Bertz CT molecular complexity index is 358. The van der Waals surface area contributed by atoms with E-state index in [1.807, 2.05) is 39.1 Å². The second-order valence-electron chi connectivity index (χ2n) is 7.23. The maximum atomic E-state index is 10.1. The van der Waals surface area contributed by atoms with E-state index in [1.165, 1.54) is 32.1 Å². The number of allylic oxidation sites excluding steroid dienone is 1. The van der Waals surface area contributed by atoms with Crippen molar-refractivity contribution < 1.29 is 14.9 Å². The van der Waals surface area contributed by atoms with Gasteiger partial charge < -0.3 is 14.9 Å². The number of methoxy groups -OCH3 is 1. The third-order valence-corrected chi connectivity index (χ3v) is 5.21. The summed E-state index contributed by atoms with van der Waals surface area (Å²) in [6, 6.07) is 0. The normalized spacial score (nSPS) is 28.3. The molecule has 0 saturated heterocycles. The van der Waals surface area contributed by atoms with E-state index in [2.05, 4.69) is 30.5 Å². The molecule has 1 aliphatic heterocycles. The maximum Gasteiger partial charge on any atom is 0.0919 e. The highest BCUT2D eigenvalue weighted by molar-refractivity contribution is 5.63. The highest BCUT2D eigenvalue weighted by Crippen LogP contribution is 2.31. The van der Waals surface area contributed by atoms with Crippen molar-refractivity contribution in [1.29, 1.82) is 0 Å². The van der Waals surface area contributed by atoms with E-state index in [9.17, 15) is 5.11 Å². The Hall–Kier alpha value is -0.710. The Balaban J connectivity index is -0.000000345. The summed E-state index contributed by atoms with van der Waals surface area (Å²) in [5.41, 5.74) is -0.641. The van der Waals surface area contributed by atoms with E-state index < -0.39 is 5.60 Å². The van der Waals surface area contributed by atoms with Crippen LogP contribution in [-0.4, -0.2) is 49.9 Å². The van der Waals surface area contributed by atoms with Crippen LogP contribution in [0.5, 0.6) is 0 Å². The van der Waals surface area contributed by atoms with Gasteiger partial charge in [0.25, 0.3) is 0 Å². The van der Waals surface area contributed by atoms with E-state index >= 15 is 0 Å². The molecule has 1 heterocycles. The van der Waals surface area contributed by atoms with Crippen molar-refractivity contribution in [2.45, 2.75) is 92.1 Å². The largest absolute Gasteiger partial charge is 0.400 e. The van der Waals surface area contributed by atoms with Crippen LogP contribution in [-0.2, 0) is 4.74 Å². The predicted molar refractivity (Wildman–Crippen MR) is 125 cm³/mol. The van der Waals surface area contributed by atoms with Gasteiger partial charge in [-0.25, -0.2) is 0 Å². The monoisotopic (exact) mass is 401 g/mol. The van der Waals surface area contributed by atoms with Crippen molar-refractivity contribution in [3.05, 3.63) is 12.2 Å². The fraction of sp³-hybridized carbons (Fsp3) is 0.875. The summed E-state index contributed by atoms with van der Waals surface area (Å²) in [5, 5.41) is 17.1. The topological polar surface area (TPSA) is 62.1 Å². The summed E-state index contributed by atoms with van der Waals surface area (Å²) in [4.78, 5) is 4.14. The second kappa shape index (κ2) is 22.6. The van der Waals surface area contributed by atoms with Gasteiger partial charge in [-0.3, -0.25) is 4.99 Å². The molecule has 2 aliphatic rings. The summed E-state index contributed by atoms with van der Waals surface area (Å²) < 4.78 is 4.25. The molecule has 1 saturated carbocycles. The average Bonchev–Trinajstić information content (AvgIpc) is 2.73. The SMILES string of the molecule is CC.CC/C=C\C1(O)CCN=C[C@@H]1C.CC[C@H]1CCCCC1C.CO.COC. The molecule has 4 heteroatoms. The number of aliphatic hydroxyl groups is 2. The molecule has 4 atom stereocenters. The highest BCUT2D eigenvalue weighted by Gasteiger charge is 2.31. The van der Waals surface area contributed by atoms with Crippen molar-refractivity contribution in [2.75, 3.05) is 27.9 Å². The molecule has 2 rings (SSSR count). The third-order valence-electron chi connectivity index (χ3n) is 5.21. The third kappa shape index (κ3) is 15.2. The predicted octanol–water partition coefficient (Wildman–Crippen LogP) is 5.91. The first kappa shape index (κ1) is 32.0. The fourth-order valence-electron chi connectivity index (χ4n) is 3.39. The van der Waals surface area contributed by atoms with Crippen molar-refractivity contribution in [3.63, 3.8) is 0 Å². The summed E-state index contributed by atoms with van der Waals surface area (Å²) in [5.74, 6) is 2.22. The molecule has 2 N–H and O–H groups in total. The van der Waals surface area contributed by atoms with Crippen LogP contribution < -0.4 is 0 Å². The molecule has 1 aliphatic carbocycles. The fourth-order valence-corrected chi connectivity index (χ4v) is 3.39. The molecule has 1 fully saturated rings. The van der Waals surface area contributed by atoms with E-state index in [4.69, 9.17) is 5.11 Å². The first-order valence-electron chi connectivity index (χ1n) is 11.2. The van der Waals surface area contributed by atoms with Gasteiger partial charge in [0.05, 0.1) is 5.60 Å². The molecule has 0 spiro atoms. The van der Waals surface area contributed by atoms with Crippen LogP contribution in [0.3, 0.4) is 0 Å². The molecular weight excluding hydrogens is 350 g/mol. The molecule has 2 unspecified atom stereocenters. The number of hydrogen-bond donors (Lipinski definition) is 2. The van der Waals surface area contributed by atoms with Crippen LogP contribution in [0.25, 0.3) is 0 Å². The number of nitrogens with zero attached hydrogens (tertiary/aromatic N) is 1. The van der Waals surface area contributed by atoms with E-state index in [0.29, 0.717) is 0 Å². The van der Waals surface area contributed by atoms with Crippen LogP contribution in [0.1, 0.15) is 86.5 Å². The van der Waals surface area contributed by atoms with E-state index in [0.717, 1.165) is 38.3 Å². The van der Waals surface area contributed by atoms with Crippen molar-refractivity contribution in [1.82, 2.24) is 0 Å². The molecule has 0 bridgehead atoms. The van der Waals surface area contributed by atoms with Gasteiger partial charge in [0.1, 0.15) is 0 Å². The van der Waals surface area contributed by atoms with Gasteiger partial charge in [0.2, 0.25) is 0 Å². The van der Waals surface area contributed by atoms with Gasteiger partial charge in [-0.05, 0) is 24.7 Å². The van der Waals surface area contributed by atoms with Gasteiger partial charge >= 0.3 is 0 Å². The van der Waals surface area contributed by atoms with E-state index in [1.54, 1.807) is 14.2 Å². The lowest BCUT2D eigenvalue weighted by Gasteiger charge is -2.31. The smallest absolute Gasteiger partial charge is 0.0919 e. The van der Waals surface area contributed by atoms with Gasteiger partial charge in [0.15, 0.2) is 0 Å². The molecule has 0 amide bonds. The molecule has 170 valence electrons. The van der Waals surface area contributed by atoms with Gasteiger partial charge in [-0.15, -0.1) is 0 Å². The summed E-state index contributed by atoms with van der Waals surface area (Å²) in [7, 11) is 4.25. The maximum absolute atomic E-state index is 10.1. The molecule has 4 nitrogen and oxygen atoms in total. The number of hydrogen-bond acceptors (Lipinski definition) is 4. The Labute approximate surface area is 176 Å². The summed E-state index contributed by atoms with van der Waals surface area (Å²) >= 11 is 0.